The van der Waals surface area contributed by atoms with Crippen molar-refractivity contribution in [3.05, 3.63) is 231 Å². The molecule has 61 heavy (non-hydrogen) atoms. The van der Waals surface area contributed by atoms with E-state index in [-0.39, 0.29) is 0 Å². The summed E-state index contributed by atoms with van der Waals surface area (Å²) in [6, 6.07) is 82.8. The van der Waals surface area contributed by atoms with Crippen LogP contribution in [0.5, 0.6) is 0 Å². The maximum absolute atomic E-state index is 7.07. The minimum absolute atomic E-state index is 0.841. The van der Waals surface area contributed by atoms with E-state index in [1.165, 1.54) is 60.4 Å². The van der Waals surface area contributed by atoms with Gasteiger partial charge in [0.05, 0.1) is 16.7 Å². The van der Waals surface area contributed by atoms with Crippen LogP contribution < -0.4 is 4.90 Å². The summed E-state index contributed by atoms with van der Waals surface area (Å²) in [5.74, 6) is 0. The molecule has 0 unspecified atom stereocenters. The second kappa shape index (κ2) is 14.3. The molecule has 12 rings (SSSR count). The van der Waals surface area contributed by atoms with Crippen molar-refractivity contribution in [1.29, 1.82) is 0 Å². The molecule has 0 aliphatic rings. The summed E-state index contributed by atoms with van der Waals surface area (Å²) in [6.45, 7) is 0. The largest absolute Gasteiger partial charge is 0.454 e. The summed E-state index contributed by atoms with van der Waals surface area (Å²) in [7, 11) is 0. The molecule has 0 aliphatic carbocycles. The van der Waals surface area contributed by atoms with Crippen LogP contribution in [0.2, 0.25) is 0 Å². The standard InChI is InChI=1S/C58H38N2O/c1-4-15-39(16-5-1)41-27-32-46(33-28-41)59(47-34-29-42(30-35-47)40-17-6-2-7-18-40)54-38-44(37-51-57-48-22-11-10-19-43(48)31-36-55(57)61-58(51)54)49-24-14-26-53-56(49)50-23-12-13-25-52(50)60(53)45-20-8-3-9-21-45/h1-38H. The van der Waals surface area contributed by atoms with Gasteiger partial charge in [0.1, 0.15) is 5.58 Å². The fourth-order valence-corrected chi connectivity index (χ4v) is 9.36. The Hall–Kier alpha value is -8.14. The average molecular weight is 779 g/mol. The van der Waals surface area contributed by atoms with Crippen molar-refractivity contribution in [3.63, 3.8) is 0 Å². The van der Waals surface area contributed by atoms with Gasteiger partial charge in [0, 0.05) is 38.6 Å². The molecule has 286 valence electrons. The zero-order valence-corrected chi connectivity index (χ0v) is 33.2. The average Bonchev–Trinajstić information content (AvgIpc) is 3.89. The third-order valence-corrected chi connectivity index (χ3v) is 12.2. The van der Waals surface area contributed by atoms with Gasteiger partial charge in [-0.1, -0.05) is 164 Å². The van der Waals surface area contributed by atoms with Crippen LogP contribution in [0.25, 0.3) is 93.6 Å². The van der Waals surface area contributed by atoms with Crippen LogP contribution in [0.15, 0.2) is 235 Å². The number of benzene rings is 10. The minimum Gasteiger partial charge on any atom is -0.454 e. The quantitative estimate of drug-likeness (QED) is 0.161. The predicted octanol–water partition coefficient (Wildman–Crippen LogP) is 16.3. The highest BCUT2D eigenvalue weighted by Gasteiger charge is 2.24. The highest BCUT2D eigenvalue weighted by molar-refractivity contribution is 6.23. The fourth-order valence-electron chi connectivity index (χ4n) is 9.36. The Morgan fingerprint density at radius 1 is 0.361 bits per heavy atom. The summed E-state index contributed by atoms with van der Waals surface area (Å²) >= 11 is 0. The lowest BCUT2D eigenvalue weighted by Gasteiger charge is -2.27. The monoisotopic (exact) mass is 778 g/mol. The van der Waals surface area contributed by atoms with Crippen LogP contribution in [-0.2, 0) is 0 Å². The summed E-state index contributed by atoms with van der Waals surface area (Å²) in [6.07, 6.45) is 0. The lowest BCUT2D eigenvalue weighted by molar-refractivity contribution is 0.669. The van der Waals surface area contributed by atoms with Gasteiger partial charge in [0.25, 0.3) is 0 Å². The Morgan fingerprint density at radius 3 is 1.59 bits per heavy atom. The number of hydrogen-bond acceptors (Lipinski definition) is 2. The molecule has 0 N–H and O–H groups in total. The first-order valence-electron chi connectivity index (χ1n) is 20.8. The number of hydrogen-bond donors (Lipinski definition) is 0. The Morgan fingerprint density at radius 2 is 0.918 bits per heavy atom. The molecule has 0 radical (unpaired) electrons. The van der Waals surface area contributed by atoms with Crippen molar-refractivity contribution >= 4 is 71.6 Å². The summed E-state index contributed by atoms with van der Waals surface area (Å²) < 4.78 is 9.46. The zero-order chi connectivity index (χ0) is 40.3. The van der Waals surface area contributed by atoms with Crippen molar-refractivity contribution in [1.82, 2.24) is 4.57 Å². The van der Waals surface area contributed by atoms with E-state index in [0.29, 0.717) is 0 Å². The van der Waals surface area contributed by atoms with E-state index in [1.54, 1.807) is 0 Å². The third-order valence-electron chi connectivity index (χ3n) is 12.2. The molecule has 2 aromatic heterocycles. The number of aromatic nitrogens is 1. The van der Waals surface area contributed by atoms with Crippen LogP contribution in [0.1, 0.15) is 0 Å². The smallest absolute Gasteiger partial charge is 0.159 e. The number of anilines is 3. The molecule has 0 fully saturated rings. The van der Waals surface area contributed by atoms with Crippen LogP contribution >= 0.6 is 0 Å². The van der Waals surface area contributed by atoms with E-state index in [0.717, 1.165) is 50.3 Å². The fraction of sp³-hybridized carbons (Fsp3) is 0. The molecule has 0 saturated heterocycles. The van der Waals surface area contributed by atoms with Gasteiger partial charge >= 0.3 is 0 Å². The second-order valence-electron chi connectivity index (χ2n) is 15.7. The number of rotatable bonds is 7. The van der Waals surface area contributed by atoms with E-state index in [9.17, 15) is 0 Å². The molecule has 10 aromatic carbocycles. The topological polar surface area (TPSA) is 21.3 Å². The number of furan rings is 1. The molecule has 0 saturated carbocycles. The normalized spacial score (nSPS) is 11.6. The maximum Gasteiger partial charge on any atom is 0.159 e. The lowest BCUT2D eigenvalue weighted by atomic mass is 9.95. The van der Waals surface area contributed by atoms with E-state index < -0.39 is 0 Å². The van der Waals surface area contributed by atoms with Crippen molar-refractivity contribution in [2.45, 2.75) is 0 Å². The van der Waals surface area contributed by atoms with Crippen LogP contribution in [0.4, 0.5) is 17.1 Å². The van der Waals surface area contributed by atoms with Gasteiger partial charge < -0.3 is 13.9 Å². The first kappa shape index (κ1) is 34.9. The minimum atomic E-state index is 0.841. The van der Waals surface area contributed by atoms with E-state index in [2.05, 4.69) is 240 Å². The highest BCUT2D eigenvalue weighted by atomic mass is 16.3. The molecule has 2 heterocycles. The first-order chi connectivity index (χ1) is 30.3. The number of para-hydroxylation sites is 2. The predicted molar refractivity (Wildman–Crippen MR) is 257 cm³/mol. The molecule has 0 spiro atoms. The summed E-state index contributed by atoms with van der Waals surface area (Å²) in [5.41, 5.74) is 15.2. The zero-order valence-electron chi connectivity index (χ0n) is 33.2. The van der Waals surface area contributed by atoms with Crippen molar-refractivity contribution in [2.75, 3.05) is 4.90 Å². The van der Waals surface area contributed by atoms with E-state index in [4.69, 9.17) is 4.42 Å². The SMILES string of the molecule is c1ccc(-c2ccc(N(c3ccc(-c4ccccc4)cc3)c3cc(-c4cccc5c4c4ccccc4n5-c4ccccc4)cc4c3oc3ccc5ccccc5c34)cc2)cc1. The van der Waals surface area contributed by atoms with Crippen molar-refractivity contribution in [2.24, 2.45) is 0 Å². The lowest BCUT2D eigenvalue weighted by Crippen LogP contribution is -2.10. The Balaban J connectivity index is 1.16. The van der Waals surface area contributed by atoms with Crippen LogP contribution in [-0.4, -0.2) is 4.57 Å². The van der Waals surface area contributed by atoms with Gasteiger partial charge in [0.2, 0.25) is 0 Å². The third kappa shape index (κ3) is 5.82. The molecule has 0 bridgehead atoms. The van der Waals surface area contributed by atoms with Crippen LogP contribution in [0, 0.1) is 0 Å². The Kier molecular flexibility index (Phi) is 8.17. The maximum atomic E-state index is 7.07. The number of fused-ring (bicyclic) bond motifs is 8. The van der Waals surface area contributed by atoms with Gasteiger partial charge in [-0.25, -0.2) is 0 Å². The van der Waals surface area contributed by atoms with Gasteiger partial charge in [-0.2, -0.15) is 0 Å². The number of nitrogens with zero attached hydrogens (tertiary/aromatic N) is 2. The molecule has 0 amide bonds. The Bertz CT molecular complexity index is 3470. The Labute approximate surface area is 353 Å². The first-order valence-corrected chi connectivity index (χ1v) is 20.8. The highest BCUT2D eigenvalue weighted by Crippen LogP contribution is 2.48. The summed E-state index contributed by atoms with van der Waals surface area (Å²) in [5, 5.41) is 6.99. The molecule has 12 aromatic rings. The van der Waals surface area contributed by atoms with Crippen LogP contribution in [0.3, 0.4) is 0 Å². The molecule has 3 nitrogen and oxygen atoms in total. The molecule has 0 atom stereocenters. The van der Waals surface area contributed by atoms with Gasteiger partial charge in [-0.3, -0.25) is 0 Å². The molecule has 0 aliphatic heterocycles. The van der Waals surface area contributed by atoms with E-state index in [1.807, 2.05) is 0 Å². The summed E-state index contributed by atoms with van der Waals surface area (Å²) in [4.78, 5) is 2.37. The molecular formula is C58H38N2O. The van der Waals surface area contributed by atoms with Gasteiger partial charge in [-0.05, 0) is 111 Å². The van der Waals surface area contributed by atoms with E-state index >= 15 is 0 Å². The second-order valence-corrected chi connectivity index (χ2v) is 15.7. The van der Waals surface area contributed by atoms with Gasteiger partial charge in [0.15, 0.2) is 5.58 Å². The van der Waals surface area contributed by atoms with Gasteiger partial charge in [-0.15, -0.1) is 0 Å². The van der Waals surface area contributed by atoms with Crippen molar-refractivity contribution < 1.29 is 4.42 Å². The molecule has 3 heteroatoms. The van der Waals surface area contributed by atoms with Crippen molar-refractivity contribution in [3.8, 4) is 39.1 Å². The molecular weight excluding hydrogens is 741 g/mol.